The fourth-order valence-corrected chi connectivity index (χ4v) is 2.70. The van der Waals surface area contributed by atoms with Crippen LogP contribution in [0, 0.1) is 17.3 Å². The number of amides is 1. The molecule has 0 aliphatic carbocycles. The highest BCUT2D eigenvalue weighted by Gasteiger charge is 2.41. The molecular formula is C15H27NO4. The summed E-state index contributed by atoms with van der Waals surface area (Å²) in [5, 5.41) is 9.07. The lowest BCUT2D eigenvalue weighted by atomic mass is 9.70. The van der Waals surface area contributed by atoms with Crippen molar-refractivity contribution in [3.05, 3.63) is 11.8 Å². The highest BCUT2D eigenvalue weighted by Crippen LogP contribution is 2.42. The molecule has 0 aromatic rings. The molecule has 0 saturated carbocycles. The van der Waals surface area contributed by atoms with Gasteiger partial charge < -0.3 is 20.3 Å². The van der Waals surface area contributed by atoms with E-state index in [1.165, 1.54) is 0 Å². The van der Waals surface area contributed by atoms with Crippen LogP contribution in [-0.4, -0.2) is 30.5 Å². The lowest BCUT2D eigenvalue weighted by molar-refractivity contribution is -0.178. The first-order valence-electron chi connectivity index (χ1n) is 7.22. The fraction of sp³-hybridized carbons (Fsp3) is 0.800. The molecule has 0 radical (unpaired) electrons. The van der Waals surface area contributed by atoms with Gasteiger partial charge >= 0.3 is 0 Å². The normalized spacial score (nSPS) is 26.9. The number of allylic oxidation sites excluding steroid dienone is 1. The molecule has 0 spiro atoms. The van der Waals surface area contributed by atoms with Gasteiger partial charge in [0.05, 0.1) is 0 Å². The molecule has 1 aliphatic heterocycles. The van der Waals surface area contributed by atoms with Crippen molar-refractivity contribution in [2.75, 3.05) is 13.2 Å². The number of carbonyl (C=O) groups is 1. The van der Waals surface area contributed by atoms with Crippen LogP contribution in [-0.2, 0) is 14.3 Å². The Hall–Kier alpha value is -1.07. The summed E-state index contributed by atoms with van der Waals surface area (Å²) in [6.07, 6.45) is 2.80. The summed E-state index contributed by atoms with van der Waals surface area (Å²) >= 11 is 0. The van der Waals surface area contributed by atoms with Crippen LogP contribution >= 0.6 is 0 Å². The zero-order chi connectivity index (χ0) is 15.3. The molecule has 116 valence electrons. The molecule has 0 aromatic carbocycles. The Balaban J connectivity index is 3.07. The maximum absolute atomic E-state index is 11.4. The molecule has 1 heterocycles. The molecule has 5 heteroatoms. The van der Waals surface area contributed by atoms with Crippen LogP contribution in [0.5, 0.6) is 0 Å². The molecular weight excluding hydrogens is 258 g/mol. The molecule has 3 atom stereocenters. The molecule has 0 aromatic heterocycles. The maximum atomic E-state index is 11.4. The number of carbonyl (C=O) groups excluding carboxylic acids is 1. The summed E-state index contributed by atoms with van der Waals surface area (Å²) in [6, 6.07) is 0. The van der Waals surface area contributed by atoms with Gasteiger partial charge in [-0.2, -0.15) is 0 Å². The van der Waals surface area contributed by atoms with Crippen LogP contribution < -0.4 is 5.73 Å². The average molecular weight is 285 g/mol. The zero-order valence-electron chi connectivity index (χ0n) is 12.9. The Morgan fingerprint density at radius 2 is 2.15 bits per heavy atom. The third-order valence-corrected chi connectivity index (χ3v) is 3.65. The minimum Gasteiger partial charge on any atom is -0.459 e. The Morgan fingerprint density at radius 1 is 1.50 bits per heavy atom. The highest BCUT2D eigenvalue weighted by molar-refractivity contribution is 5.90. The van der Waals surface area contributed by atoms with Crippen LogP contribution in [0.2, 0.25) is 0 Å². The van der Waals surface area contributed by atoms with Crippen molar-refractivity contribution in [1.82, 2.24) is 0 Å². The van der Waals surface area contributed by atoms with Gasteiger partial charge in [-0.25, -0.2) is 0 Å². The monoisotopic (exact) mass is 285 g/mol. The number of aliphatic hydroxyl groups excluding tert-OH is 1. The number of aliphatic hydroxyl groups is 1. The number of primary amides is 1. The summed E-state index contributed by atoms with van der Waals surface area (Å²) in [6.45, 7) is 8.88. The second-order valence-corrected chi connectivity index (χ2v) is 6.26. The molecule has 1 aliphatic rings. The van der Waals surface area contributed by atoms with E-state index in [-0.39, 0.29) is 29.6 Å². The largest absolute Gasteiger partial charge is 0.459 e. The van der Waals surface area contributed by atoms with E-state index >= 15 is 0 Å². The standard InChI is InChI=1S/C15H27NO4/c1-5-19-14-10(7-6-8-17)11(15(2,3)4)9-12(20-14)13(16)18/h9-11,14,17H,5-8H2,1-4H3,(H2,16,18)/t10-,11+,14-/m0/s1. The zero-order valence-corrected chi connectivity index (χ0v) is 12.9. The summed E-state index contributed by atoms with van der Waals surface area (Å²) in [7, 11) is 0. The predicted octanol–water partition coefficient (Wildman–Crippen LogP) is 1.80. The number of nitrogens with two attached hydrogens (primary N) is 1. The predicted molar refractivity (Wildman–Crippen MR) is 76.5 cm³/mol. The Bertz CT molecular complexity index is 359. The Labute approximate surface area is 121 Å². The van der Waals surface area contributed by atoms with Crippen molar-refractivity contribution in [3.63, 3.8) is 0 Å². The van der Waals surface area contributed by atoms with E-state index in [0.717, 1.165) is 6.42 Å². The van der Waals surface area contributed by atoms with Crippen molar-refractivity contribution in [3.8, 4) is 0 Å². The first-order chi connectivity index (χ1) is 9.31. The second-order valence-electron chi connectivity index (χ2n) is 6.26. The molecule has 20 heavy (non-hydrogen) atoms. The van der Waals surface area contributed by atoms with E-state index in [9.17, 15) is 4.79 Å². The van der Waals surface area contributed by atoms with Crippen LogP contribution in [0.1, 0.15) is 40.5 Å². The van der Waals surface area contributed by atoms with E-state index in [4.69, 9.17) is 20.3 Å². The third-order valence-electron chi connectivity index (χ3n) is 3.65. The Morgan fingerprint density at radius 3 is 2.60 bits per heavy atom. The number of hydrogen-bond donors (Lipinski definition) is 2. The van der Waals surface area contributed by atoms with Crippen LogP contribution in [0.3, 0.4) is 0 Å². The first kappa shape index (κ1) is 17.0. The molecule has 1 amide bonds. The van der Waals surface area contributed by atoms with E-state index in [0.29, 0.717) is 13.0 Å². The van der Waals surface area contributed by atoms with Crippen LogP contribution in [0.15, 0.2) is 11.8 Å². The summed E-state index contributed by atoms with van der Waals surface area (Å²) in [5.41, 5.74) is 5.31. The van der Waals surface area contributed by atoms with Crippen molar-refractivity contribution in [1.29, 1.82) is 0 Å². The second kappa shape index (κ2) is 7.09. The molecule has 0 fully saturated rings. The number of ether oxygens (including phenoxy) is 2. The SMILES string of the molecule is CCO[C@H]1OC(C(N)=O)=C[C@@H](C(C)(C)C)[C@@H]1CCCO. The molecule has 0 bridgehead atoms. The number of hydrogen-bond acceptors (Lipinski definition) is 4. The van der Waals surface area contributed by atoms with Gasteiger partial charge in [-0.3, -0.25) is 4.79 Å². The third kappa shape index (κ3) is 4.21. The summed E-state index contributed by atoms with van der Waals surface area (Å²) < 4.78 is 11.3. The van der Waals surface area contributed by atoms with Gasteiger partial charge in [-0.1, -0.05) is 20.8 Å². The van der Waals surface area contributed by atoms with Gasteiger partial charge in [0.2, 0.25) is 6.29 Å². The van der Waals surface area contributed by atoms with Crippen molar-refractivity contribution < 1.29 is 19.4 Å². The molecule has 0 unspecified atom stereocenters. The number of rotatable bonds is 6. The van der Waals surface area contributed by atoms with Crippen LogP contribution in [0.25, 0.3) is 0 Å². The molecule has 0 saturated heterocycles. The van der Waals surface area contributed by atoms with Crippen molar-refractivity contribution >= 4 is 5.91 Å². The molecule has 5 nitrogen and oxygen atoms in total. The van der Waals surface area contributed by atoms with Gasteiger partial charge in [-0.15, -0.1) is 0 Å². The van der Waals surface area contributed by atoms with E-state index in [1.54, 1.807) is 0 Å². The lowest BCUT2D eigenvalue weighted by Gasteiger charge is -2.42. The molecule has 3 N–H and O–H groups in total. The lowest BCUT2D eigenvalue weighted by Crippen LogP contribution is -2.42. The molecule has 1 rings (SSSR count). The van der Waals surface area contributed by atoms with Crippen molar-refractivity contribution in [2.45, 2.75) is 46.8 Å². The van der Waals surface area contributed by atoms with Crippen molar-refractivity contribution in [2.24, 2.45) is 23.0 Å². The first-order valence-corrected chi connectivity index (χ1v) is 7.22. The maximum Gasteiger partial charge on any atom is 0.283 e. The highest BCUT2D eigenvalue weighted by atomic mass is 16.7. The average Bonchev–Trinajstić information content (AvgIpc) is 2.35. The van der Waals surface area contributed by atoms with E-state index < -0.39 is 12.2 Å². The van der Waals surface area contributed by atoms with Gasteiger partial charge in [0.15, 0.2) is 5.76 Å². The fourth-order valence-electron chi connectivity index (χ4n) is 2.70. The summed E-state index contributed by atoms with van der Waals surface area (Å²) in [5.74, 6) is -0.166. The van der Waals surface area contributed by atoms with Gasteiger partial charge in [-0.05, 0) is 37.2 Å². The van der Waals surface area contributed by atoms with Gasteiger partial charge in [0.25, 0.3) is 5.91 Å². The van der Waals surface area contributed by atoms with Crippen LogP contribution in [0.4, 0.5) is 0 Å². The van der Waals surface area contributed by atoms with Gasteiger partial charge in [0, 0.05) is 19.1 Å². The summed E-state index contributed by atoms with van der Waals surface area (Å²) in [4.78, 5) is 11.4. The minimum atomic E-state index is -0.565. The van der Waals surface area contributed by atoms with Gasteiger partial charge in [0.1, 0.15) is 0 Å². The minimum absolute atomic E-state index is 0.0417. The smallest absolute Gasteiger partial charge is 0.283 e. The quantitative estimate of drug-likeness (QED) is 0.779. The Kier molecular flexibility index (Phi) is 6.02. The topological polar surface area (TPSA) is 81.8 Å². The van der Waals surface area contributed by atoms with E-state index in [2.05, 4.69) is 20.8 Å². The van der Waals surface area contributed by atoms with E-state index in [1.807, 2.05) is 13.0 Å².